The standard InChI is InChI=1S/C20H24N2O2S/c23-20(4-2-16-6-12-25-15-16)22-9-7-21(8-10-22)14-17-1-3-19-18(13-17)5-11-24-19/h1,3,6,12-13,15H,2,4-5,7-11,14H2. The van der Waals surface area contributed by atoms with Gasteiger partial charge in [-0.2, -0.15) is 11.3 Å². The zero-order valence-electron chi connectivity index (χ0n) is 14.4. The quantitative estimate of drug-likeness (QED) is 0.826. The summed E-state index contributed by atoms with van der Waals surface area (Å²) >= 11 is 1.70. The Morgan fingerprint density at radius 2 is 2.00 bits per heavy atom. The highest BCUT2D eigenvalue weighted by molar-refractivity contribution is 7.07. The van der Waals surface area contributed by atoms with E-state index in [4.69, 9.17) is 4.74 Å². The first-order chi connectivity index (χ1) is 12.3. The number of nitrogens with zero attached hydrogens (tertiary/aromatic N) is 2. The fourth-order valence-corrected chi connectivity index (χ4v) is 4.30. The van der Waals surface area contributed by atoms with Crippen molar-refractivity contribution in [3.05, 3.63) is 51.7 Å². The Hall–Kier alpha value is -1.85. The van der Waals surface area contributed by atoms with E-state index >= 15 is 0 Å². The number of thiophene rings is 1. The van der Waals surface area contributed by atoms with Crippen LogP contribution in [0.4, 0.5) is 0 Å². The Labute approximate surface area is 153 Å². The Bertz CT molecular complexity index is 721. The Morgan fingerprint density at radius 1 is 1.12 bits per heavy atom. The number of fused-ring (bicyclic) bond motifs is 1. The third-order valence-electron chi connectivity index (χ3n) is 5.09. The van der Waals surface area contributed by atoms with Crippen LogP contribution in [-0.2, 0) is 24.2 Å². The fraction of sp³-hybridized carbons (Fsp3) is 0.450. The number of piperazine rings is 1. The molecule has 3 heterocycles. The lowest BCUT2D eigenvalue weighted by molar-refractivity contribution is -0.133. The van der Waals surface area contributed by atoms with Crippen LogP contribution in [0.15, 0.2) is 35.0 Å². The van der Waals surface area contributed by atoms with E-state index < -0.39 is 0 Å². The molecule has 5 heteroatoms. The van der Waals surface area contributed by atoms with E-state index in [1.807, 2.05) is 4.90 Å². The molecule has 0 radical (unpaired) electrons. The van der Waals surface area contributed by atoms with Gasteiger partial charge in [0, 0.05) is 45.6 Å². The summed E-state index contributed by atoms with van der Waals surface area (Å²) in [6.07, 6.45) is 2.51. The summed E-state index contributed by atoms with van der Waals surface area (Å²) in [5.41, 5.74) is 3.96. The highest BCUT2D eigenvalue weighted by Gasteiger charge is 2.21. The Morgan fingerprint density at radius 3 is 2.80 bits per heavy atom. The molecule has 0 atom stereocenters. The van der Waals surface area contributed by atoms with Crippen molar-refractivity contribution in [2.24, 2.45) is 0 Å². The largest absolute Gasteiger partial charge is 0.493 e. The Kier molecular flexibility index (Phi) is 5.04. The lowest BCUT2D eigenvalue weighted by Crippen LogP contribution is -2.48. The minimum atomic E-state index is 0.292. The van der Waals surface area contributed by atoms with Crippen molar-refractivity contribution in [1.82, 2.24) is 9.80 Å². The van der Waals surface area contributed by atoms with Gasteiger partial charge in [-0.1, -0.05) is 12.1 Å². The molecule has 1 aromatic carbocycles. The molecule has 0 unspecified atom stereocenters. The molecule has 2 aliphatic heterocycles. The third kappa shape index (κ3) is 4.05. The van der Waals surface area contributed by atoms with Gasteiger partial charge in [-0.25, -0.2) is 0 Å². The maximum atomic E-state index is 12.4. The summed E-state index contributed by atoms with van der Waals surface area (Å²) in [6, 6.07) is 8.66. The van der Waals surface area contributed by atoms with E-state index in [1.54, 1.807) is 11.3 Å². The predicted molar refractivity (Wildman–Crippen MR) is 100 cm³/mol. The molecule has 1 amide bonds. The molecule has 0 N–H and O–H groups in total. The summed E-state index contributed by atoms with van der Waals surface area (Å²) in [5, 5.41) is 4.20. The van der Waals surface area contributed by atoms with Gasteiger partial charge in [0.25, 0.3) is 0 Å². The van der Waals surface area contributed by atoms with Crippen LogP contribution in [-0.4, -0.2) is 48.5 Å². The number of benzene rings is 1. The zero-order valence-corrected chi connectivity index (χ0v) is 15.3. The van der Waals surface area contributed by atoms with Crippen molar-refractivity contribution < 1.29 is 9.53 Å². The minimum absolute atomic E-state index is 0.292. The van der Waals surface area contributed by atoms with Crippen LogP contribution in [0, 0.1) is 0 Å². The van der Waals surface area contributed by atoms with Crippen LogP contribution in [0.2, 0.25) is 0 Å². The van der Waals surface area contributed by atoms with E-state index in [0.29, 0.717) is 12.3 Å². The topological polar surface area (TPSA) is 32.8 Å². The van der Waals surface area contributed by atoms with Crippen molar-refractivity contribution in [2.75, 3.05) is 32.8 Å². The van der Waals surface area contributed by atoms with Crippen LogP contribution in [0.3, 0.4) is 0 Å². The van der Waals surface area contributed by atoms with Crippen molar-refractivity contribution >= 4 is 17.2 Å². The normalized spacial score (nSPS) is 17.4. The molecule has 1 fully saturated rings. The van der Waals surface area contributed by atoms with Crippen molar-refractivity contribution in [1.29, 1.82) is 0 Å². The molecule has 4 nitrogen and oxygen atoms in total. The number of rotatable bonds is 5. The monoisotopic (exact) mass is 356 g/mol. The van der Waals surface area contributed by atoms with Crippen LogP contribution in [0.5, 0.6) is 5.75 Å². The molecule has 4 rings (SSSR count). The third-order valence-corrected chi connectivity index (χ3v) is 5.82. The van der Waals surface area contributed by atoms with E-state index in [9.17, 15) is 4.79 Å². The molecule has 0 spiro atoms. The van der Waals surface area contributed by atoms with Gasteiger partial charge in [0.05, 0.1) is 6.61 Å². The molecule has 25 heavy (non-hydrogen) atoms. The number of aryl methyl sites for hydroxylation is 1. The smallest absolute Gasteiger partial charge is 0.222 e. The van der Waals surface area contributed by atoms with Gasteiger partial charge in [0.1, 0.15) is 5.75 Å². The number of carbonyl (C=O) groups is 1. The second-order valence-electron chi connectivity index (χ2n) is 6.83. The molecule has 1 aromatic heterocycles. The lowest BCUT2D eigenvalue weighted by atomic mass is 10.1. The zero-order chi connectivity index (χ0) is 17.1. The summed E-state index contributed by atoms with van der Waals surface area (Å²) < 4.78 is 5.58. The molecule has 0 saturated carbocycles. The van der Waals surface area contributed by atoms with Crippen molar-refractivity contribution in [3.63, 3.8) is 0 Å². The average Bonchev–Trinajstić information content (AvgIpc) is 3.31. The maximum absolute atomic E-state index is 12.4. The molecule has 0 bridgehead atoms. The molecule has 132 valence electrons. The highest BCUT2D eigenvalue weighted by atomic mass is 32.1. The number of amides is 1. The molecule has 2 aliphatic rings. The van der Waals surface area contributed by atoms with Crippen molar-refractivity contribution in [3.8, 4) is 5.75 Å². The van der Waals surface area contributed by atoms with Crippen LogP contribution in [0.25, 0.3) is 0 Å². The number of hydrogen-bond donors (Lipinski definition) is 0. The molecular weight excluding hydrogens is 332 g/mol. The van der Waals surface area contributed by atoms with Gasteiger partial charge in [0.15, 0.2) is 0 Å². The molecule has 0 aliphatic carbocycles. The van der Waals surface area contributed by atoms with E-state index in [-0.39, 0.29) is 0 Å². The molecular formula is C20H24N2O2S. The van der Waals surface area contributed by atoms with E-state index in [1.165, 1.54) is 16.7 Å². The highest BCUT2D eigenvalue weighted by Crippen LogP contribution is 2.26. The average molecular weight is 356 g/mol. The number of carbonyl (C=O) groups excluding carboxylic acids is 1. The fourth-order valence-electron chi connectivity index (χ4n) is 3.60. The van der Waals surface area contributed by atoms with Crippen LogP contribution >= 0.6 is 11.3 Å². The van der Waals surface area contributed by atoms with Crippen LogP contribution in [0.1, 0.15) is 23.1 Å². The second kappa shape index (κ2) is 7.58. The second-order valence-corrected chi connectivity index (χ2v) is 7.61. The van der Waals surface area contributed by atoms with Gasteiger partial charge < -0.3 is 9.64 Å². The summed E-state index contributed by atoms with van der Waals surface area (Å²) in [4.78, 5) is 16.9. The maximum Gasteiger partial charge on any atom is 0.222 e. The van der Waals surface area contributed by atoms with Crippen LogP contribution < -0.4 is 4.74 Å². The first kappa shape index (κ1) is 16.6. The number of ether oxygens (including phenoxy) is 1. The SMILES string of the molecule is O=C(CCc1ccsc1)N1CCN(Cc2ccc3c(c2)CCO3)CC1. The molecule has 2 aromatic rings. The molecule has 1 saturated heterocycles. The van der Waals surface area contributed by atoms with Gasteiger partial charge >= 0.3 is 0 Å². The van der Waals surface area contributed by atoms with Gasteiger partial charge in [-0.05, 0) is 46.0 Å². The van der Waals surface area contributed by atoms with Crippen molar-refractivity contribution in [2.45, 2.75) is 25.8 Å². The van der Waals surface area contributed by atoms with E-state index in [2.05, 4.69) is 39.9 Å². The first-order valence-corrected chi connectivity index (χ1v) is 9.98. The van der Waals surface area contributed by atoms with Gasteiger partial charge in [-0.3, -0.25) is 9.69 Å². The Balaban J connectivity index is 1.24. The summed E-state index contributed by atoms with van der Waals surface area (Å²) in [6.45, 7) is 5.37. The number of hydrogen-bond acceptors (Lipinski definition) is 4. The minimum Gasteiger partial charge on any atom is -0.493 e. The van der Waals surface area contributed by atoms with Gasteiger partial charge in [0.2, 0.25) is 5.91 Å². The summed E-state index contributed by atoms with van der Waals surface area (Å²) in [5.74, 6) is 1.34. The van der Waals surface area contributed by atoms with E-state index in [0.717, 1.165) is 57.9 Å². The lowest BCUT2D eigenvalue weighted by Gasteiger charge is -2.35. The van der Waals surface area contributed by atoms with Gasteiger partial charge in [-0.15, -0.1) is 0 Å². The summed E-state index contributed by atoms with van der Waals surface area (Å²) in [7, 11) is 0. The first-order valence-electron chi connectivity index (χ1n) is 9.04. The predicted octanol–water partition coefficient (Wildman–Crippen LogP) is 2.96.